The molecule has 0 saturated carbocycles. The van der Waals surface area contributed by atoms with Gasteiger partial charge in [0.1, 0.15) is 5.75 Å². The minimum Gasteiger partial charge on any atom is -0.496 e. The van der Waals surface area contributed by atoms with E-state index in [1.807, 2.05) is 30.3 Å². The van der Waals surface area contributed by atoms with E-state index in [0.29, 0.717) is 0 Å². The van der Waals surface area contributed by atoms with E-state index < -0.39 is 0 Å². The van der Waals surface area contributed by atoms with Crippen molar-refractivity contribution in [1.29, 1.82) is 0 Å². The van der Waals surface area contributed by atoms with Gasteiger partial charge in [0.2, 0.25) is 0 Å². The summed E-state index contributed by atoms with van der Waals surface area (Å²) in [5.41, 5.74) is 2.22. The zero-order valence-electron chi connectivity index (χ0n) is 11.5. The number of hydrogen-bond donors (Lipinski definition) is 1. The first kappa shape index (κ1) is 15.4. The zero-order chi connectivity index (χ0) is 14.5. The van der Waals surface area contributed by atoms with E-state index in [9.17, 15) is 0 Å². The van der Waals surface area contributed by atoms with Crippen LogP contribution in [0, 0.1) is 0 Å². The molecular weight excluding hydrogens is 338 g/mol. The van der Waals surface area contributed by atoms with Gasteiger partial charge >= 0.3 is 0 Å². The molecule has 0 aliphatic rings. The van der Waals surface area contributed by atoms with Gasteiger partial charge in [-0.2, -0.15) is 0 Å². The second-order valence-corrected chi connectivity index (χ2v) is 5.78. The highest BCUT2D eigenvalue weighted by Crippen LogP contribution is 2.33. The minimum absolute atomic E-state index is 0.0572. The molecule has 2 rings (SSSR count). The number of nitrogens with one attached hydrogen (secondary N) is 1. The van der Waals surface area contributed by atoms with E-state index in [1.165, 1.54) is 0 Å². The Labute approximate surface area is 133 Å². The van der Waals surface area contributed by atoms with Crippen molar-refractivity contribution in [2.45, 2.75) is 13.0 Å². The molecule has 2 nitrogen and oxygen atoms in total. The van der Waals surface area contributed by atoms with Crippen LogP contribution in [-0.2, 0) is 0 Å². The number of ether oxygens (including phenoxy) is 1. The summed E-state index contributed by atoms with van der Waals surface area (Å²) >= 11 is 9.58. The first-order valence-electron chi connectivity index (χ1n) is 6.48. The molecule has 106 valence electrons. The zero-order valence-corrected chi connectivity index (χ0v) is 13.8. The molecule has 4 heteroatoms. The van der Waals surface area contributed by atoms with Gasteiger partial charge in [-0.3, -0.25) is 0 Å². The van der Waals surface area contributed by atoms with Crippen LogP contribution in [0.3, 0.4) is 0 Å². The highest BCUT2D eigenvalue weighted by Gasteiger charge is 2.17. The fraction of sp³-hybridized carbons (Fsp3) is 0.250. The van der Waals surface area contributed by atoms with Crippen LogP contribution < -0.4 is 10.1 Å². The van der Waals surface area contributed by atoms with Crippen molar-refractivity contribution in [3.05, 3.63) is 63.1 Å². The van der Waals surface area contributed by atoms with Crippen LogP contribution in [0.15, 0.2) is 46.9 Å². The van der Waals surface area contributed by atoms with Crippen molar-refractivity contribution < 1.29 is 4.74 Å². The number of halogens is 2. The largest absolute Gasteiger partial charge is 0.496 e. The van der Waals surface area contributed by atoms with E-state index in [2.05, 4.69) is 40.3 Å². The van der Waals surface area contributed by atoms with Crippen LogP contribution in [-0.4, -0.2) is 13.7 Å². The molecule has 0 aliphatic carbocycles. The molecule has 0 fully saturated rings. The average Bonchev–Trinajstić information content (AvgIpc) is 2.45. The molecule has 2 aromatic carbocycles. The Kier molecular flexibility index (Phi) is 5.46. The van der Waals surface area contributed by atoms with Gasteiger partial charge in [0, 0.05) is 15.1 Å². The first-order chi connectivity index (χ1) is 9.65. The van der Waals surface area contributed by atoms with E-state index >= 15 is 0 Å². The molecule has 0 aromatic heterocycles. The van der Waals surface area contributed by atoms with Crippen LogP contribution in [0.2, 0.25) is 5.02 Å². The Bertz CT molecular complexity index is 588. The van der Waals surface area contributed by atoms with Gasteiger partial charge in [-0.15, -0.1) is 0 Å². The van der Waals surface area contributed by atoms with Crippen molar-refractivity contribution in [2.24, 2.45) is 0 Å². The summed E-state index contributed by atoms with van der Waals surface area (Å²) in [4.78, 5) is 0. The molecule has 0 amide bonds. The summed E-state index contributed by atoms with van der Waals surface area (Å²) in [6.07, 6.45) is 0. The molecule has 1 unspecified atom stereocenters. The van der Waals surface area contributed by atoms with Gasteiger partial charge in [0.15, 0.2) is 0 Å². The van der Waals surface area contributed by atoms with Crippen molar-refractivity contribution in [2.75, 3.05) is 13.7 Å². The van der Waals surface area contributed by atoms with E-state index in [-0.39, 0.29) is 6.04 Å². The van der Waals surface area contributed by atoms with Crippen LogP contribution in [0.25, 0.3) is 0 Å². The van der Waals surface area contributed by atoms with Gasteiger partial charge < -0.3 is 10.1 Å². The molecular formula is C16H17BrClNO. The van der Waals surface area contributed by atoms with E-state index in [1.54, 1.807) is 7.11 Å². The van der Waals surface area contributed by atoms with Crippen LogP contribution in [0.1, 0.15) is 24.1 Å². The van der Waals surface area contributed by atoms with Gasteiger partial charge in [0.25, 0.3) is 0 Å². The summed E-state index contributed by atoms with van der Waals surface area (Å²) in [5.74, 6) is 0.852. The molecule has 0 aliphatic heterocycles. The Hall–Kier alpha value is -1.03. The predicted molar refractivity (Wildman–Crippen MR) is 87.7 cm³/mol. The average molecular weight is 355 g/mol. The number of rotatable bonds is 5. The molecule has 0 saturated heterocycles. The van der Waals surface area contributed by atoms with E-state index in [4.69, 9.17) is 16.3 Å². The third kappa shape index (κ3) is 3.54. The molecule has 2 aromatic rings. The van der Waals surface area contributed by atoms with Crippen molar-refractivity contribution in [3.8, 4) is 5.75 Å². The lowest BCUT2D eigenvalue weighted by Crippen LogP contribution is -2.22. The van der Waals surface area contributed by atoms with Crippen LogP contribution in [0.4, 0.5) is 0 Å². The summed E-state index contributed by atoms with van der Waals surface area (Å²) < 4.78 is 6.50. The van der Waals surface area contributed by atoms with Crippen LogP contribution >= 0.6 is 27.5 Å². The number of hydrogen-bond acceptors (Lipinski definition) is 2. The van der Waals surface area contributed by atoms with Crippen molar-refractivity contribution in [3.63, 3.8) is 0 Å². The third-order valence-corrected chi connectivity index (χ3v) is 3.83. The molecule has 1 atom stereocenters. The monoisotopic (exact) mass is 353 g/mol. The standard InChI is InChI=1S/C16H17BrClNO/c1-3-19-16(11-5-4-6-13(18)9-11)14-8-7-12(17)10-15(14)20-2/h4-10,16,19H,3H2,1-2H3. The molecule has 1 N–H and O–H groups in total. The molecule has 20 heavy (non-hydrogen) atoms. The maximum atomic E-state index is 6.11. The van der Waals surface area contributed by atoms with Gasteiger partial charge in [-0.05, 0) is 36.4 Å². The SMILES string of the molecule is CCNC(c1cccc(Cl)c1)c1ccc(Br)cc1OC. The van der Waals surface area contributed by atoms with Gasteiger partial charge in [-0.25, -0.2) is 0 Å². The smallest absolute Gasteiger partial charge is 0.125 e. The van der Waals surface area contributed by atoms with E-state index in [0.717, 1.165) is 32.9 Å². The highest BCUT2D eigenvalue weighted by molar-refractivity contribution is 9.10. The fourth-order valence-corrected chi connectivity index (χ4v) is 2.76. The fourth-order valence-electron chi connectivity index (χ4n) is 2.22. The Morgan fingerprint density at radius 2 is 2.05 bits per heavy atom. The Balaban J connectivity index is 2.48. The minimum atomic E-state index is 0.0572. The lowest BCUT2D eigenvalue weighted by atomic mass is 9.98. The highest BCUT2D eigenvalue weighted by atomic mass is 79.9. The number of benzene rings is 2. The predicted octanol–water partition coefficient (Wildman–Crippen LogP) is 4.81. The molecule has 0 heterocycles. The normalized spacial score (nSPS) is 12.2. The molecule has 0 radical (unpaired) electrons. The Morgan fingerprint density at radius 3 is 2.70 bits per heavy atom. The molecule has 0 bridgehead atoms. The number of methoxy groups -OCH3 is 1. The lowest BCUT2D eigenvalue weighted by Gasteiger charge is -2.21. The van der Waals surface area contributed by atoms with Gasteiger partial charge in [0.05, 0.1) is 13.2 Å². The maximum absolute atomic E-state index is 6.11. The first-order valence-corrected chi connectivity index (χ1v) is 7.65. The third-order valence-electron chi connectivity index (χ3n) is 3.10. The summed E-state index contributed by atoms with van der Waals surface area (Å²) in [5, 5.41) is 4.22. The quantitative estimate of drug-likeness (QED) is 0.832. The maximum Gasteiger partial charge on any atom is 0.125 e. The summed E-state index contributed by atoms with van der Waals surface area (Å²) in [6, 6.07) is 14.0. The second-order valence-electron chi connectivity index (χ2n) is 4.43. The van der Waals surface area contributed by atoms with Crippen molar-refractivity contribution in [1.82, 2.24) is 5.32 Å². The Morgan fingerprint density at radius 1 is 1.25 bits per heavy atom. The molecule has 0 spiro atoms. The van der Waals surface area contributed by atoms with Crippen LogP contribution in [0.5, 0.6) is 5.75 Å². The lowest BCUT2D eigenvalue weighted by molar-refractivity contribution is 0.404. The summed E-state index contributed by atoms with van der Waals surface area (Å²) in [6.45, 7) is 2.94. The second kappa shape index (κ2) is 7.11. The summed E-state index contributed by atoms with van der Waals surface area (Å²) in [7, 11) is 1.69. The van der Waals surface area contributed by atoms with Gasteiger partial charge in [-0.1, -0.05) is 52.7 Å². The van der Waals surface area contributed by atoms with Crippen molar-refractivity contribution >= 4 is 27.5 Å². The topological polar surface area (TPSA) is 21.3 Å².